The lowest BCUT2D eigenvalue weighted by molar-refractivity contribution is -0.169. The van der Waals surface area contributed by atoms with E-state index in [4.69, 9.17) is 42.6 Å². The summed E-state index contributed by atoms with van der Waals surface area (Å²) in [6.45, 7) is 19.4. The summed E-state index contributed by atoms with van der Waals surface area (Å²) in [5.41, 5.74) is -0.367. The highest BCUT2D eigenvalue weighted by Crippen LogP contribution is 2.19. The smallest absolute Gasteiger partial charge is 0.408 e. The molecule has 2 fully saturated rings. The van der Waals surface area contributed by atoms with E-state index in [0.717, 1.165) is 31.2 Å². The van der Waals surface area contributed by atoms with E-state index in [1.165, 1.54) is 0 Å². The summed E-state index contributed by atoms with van der Waals surface area (Å²) in [5.74, 6) is -1.29. The molecule has 2 heterocycles. The Hall–Kier alpha value is -3.54. The summed E-state index contributed by atoms with van der Waals surface area (Å²) in [6, 6.07) is 7.76. The molecule has 1 aromatic carbocycles. The van der Waals surface area contributed by atoms with Gasteiger partial charge < -0.3 is 58.4 Å². The number of hydrogen-bond acceptors (Lipinski definition) is 14. The first-order valence-corrected chi connectivity index (χ1v) is 20.0. The maximum absolute atomic E-state index is 12.7. The molecule has 2 amide bonds. The van der Waals surface area contributed by atoms with Crippen molar-refractivity contribution in [2.75, 3.05) is 39.6 Å². The van der Waals surface area contributed by atoms with Crippen molar-refractivity contribution in [3.8, 4) is 0 Å². The second-order valence-electron chi connectivity index (χ2n) is 16.0. The lowest BCUT2D eigenvalue weighted by Gasteiger charge is -2.30. The van der Waals surface area contributed by atoms with Gasteiger partial charge >= 0.3 is 24.1 Å². The van der Waals surface area contributed by atoms with Gasteiger partial charge in [0.15, 0.2) is 12.1 Å². The largest absolute Gasteiger partial charge is 0.458 e. The summed E-state index contributed by atoms with van der Waals surface area (Å²) in [6.07, 6.45) is -1.68. The van der Waals surface area contributed by atoms with Gasteiger partial charge in [-0.2, -0.15) is 0 Å². The number of carbonyl (C=O) groups is 4. The lowest BCUT2D eigenvalue weighted by atomic mass is 10.1. The monoisotopic (exact) mass is 812 g/mol. The minimum atomic E-state index is -1.01. The first kappa shape index (κ1) is 49.6. The number of carbonyl (C=O) groups excluding carboxylic acids is 4. The quantitative estimate of drug-likeness (QED) is 0.137. The van der Waals surface area contributed by atoms with Crippen LogP contribution in [0, 0.1) is 0 Å². The standard InChI is InChI=1S/C24H37NO7.C17H31NO7/c1-6-7-13-29-20-16-28-15-19(25-23(27)32-24(3,4)5)22(26)31-17(2)21(20)30-14-18-11-9-8-10-12-18;1-6-7-8-23-13-10-22-9-12(15(20)24-11(2)14(13)19)18-16(21)25-17(3,4)5/h8-12,17,19-21H,6-7,13-16H2,1-5H3,(H,25,27);11-14,19H,6-10H2,1-5H3,(H,18,21)/t17-,19-,20-,21-;11-,12-,13-,14-/m00/s1. The minimum absolute atomic E-state index is 0.0517. The van der Waals surface area contributed by atoms with Gasteiger partial charge in [0.05, 0.1) is 33.0 Å². The van der Waals surface area contributed by atoms with E-state index in [2.05, 4.69) is 17.6 Å². The van der Waals surface area contributed by atoms with Crippen LogP contribution in [0.1, 0.15) is 100 Å². The predicted molar refractivity (Wildman–Crippen MR) is 209 cm³/mol. The summed E-state index contributed by atoms with van der Waals surface area (Å²) in [7, 11) is 0. The first-order valence-electron chi connectivity index (χ1n) is 20.0. The Bertz CT molecular complexity index is 1330. The highest BCUT2D eigenvalue weighted by molar-refractivity contribution is 5.82. The highest BCUT2D eigenvalue weighted by Gasteiger charge is 2.37. The van der Waals surface area contributed by atoms with Crippen LogP contribution >= 0.6 is 0 Å². The van der Waals surface area contributed by atoms with Crippen LogP contribution in [-0.4, -0.2) is 129 Å². The molecule has 1 aromatic rings. The van der Waals surface area contributed by atoms with Crippen molar-refractivity contribution in [3.05, 3.63) is 35.9 Å². The van der Waals surface area contributed by atoms with E-state index < -0.39 is 84.0 Å². The Balaban J connectivity index is 0.000000406. The van der Waals surface area contributed by atoms with E-state index >= 15 is 0 Å². The van der Waals surface area contributed by atoms with Crippen molar-refractivity contribution in [2.45, 2.75) is 161 Å². The van der Waals surface area contributed by atoms with E-state index in [0.29, 0.717) is 19.8 Å². The molecule has 8 atom stereocenters. The molecular formula is C41H68N2O14. The van der Waals surface area contributed by atoms with Crippen molar-refractivity contribution in [1.82, 2.24) is 10.6 Å². The van der Waals surface area contributed by atoms with Crippen LogP contribution in [0.4, 0.5) is 9.59 Å². The molecule has 16 nitrogen and oxygen atoms in total. The van der Waals surface area contributed by atoms with Crippen LogP contribution in [0.3, 0.4) is 0 Å². The number of rotatable bonds is 13. The third-order valence-electron chi connectivity index (χ3n) is 8.32. The number of alkyl carbamates (subject to hydrolysis) is 2. The molecule has 3 rings (SSSR count). The number of esters is 2. The number of nitrogens with one attached hydrogen (secondary N) is 2. The van der Waals surface area contributed by atoms with Gasteiger partial charge in [-0.15, -0.1) is 0 Å². The normalized spacial score (nSPS) is 26.2. The maximum Gasteiger partial charge on any atom is 0.408 e. The molecule has 0 unspecified atom stereocenters. The van der Waals surface area contributed by atoms with E-state index in [1.54, 1.807) is 55.4 Å². The van der Waals surface area contributed by atoms with Gasteiger partial charge in [0.2, 0.25) is 0 Å². The summed E-state index contributed by atoms with van der Waals surface area (Å²) in [4.78, 5) is 49.0. The molecule has 57 heavy (non-hydrogen) atoms. The van der Waals surface area contributed by atoms with Gasteiger partial charge in [0, 0.05) is 13.2 Å². The van der Waals surface area contributed by atoms with Crippen LogP contribution in [0.25, 0.3) is 0 Å². The molecule has 2 aliphatic heterocycles. The average molecular weight is 813 g/mol. The predicted octanol–water partition coefficient (Wildman–Crippen LogP) is 5.00. The number of benzene rings is 1. The molecule has 16 heteroatoms. The number of hydrogen-bond donors (Lipinski definition) is 3. The number of cyclic esters (lactones) is 2. The second-order valence-corrected chi connectivity index (χ2v) is 16.0. The van der Waals surface area contributed by atoms with Gasteiger partial charge in [-0.1, -0.05) is 57.0 Å². The average Bonchev–Trinajstić information content (AvgIpc) is 3.19. The van der Waals surface area contributed by atoms with Crippen LogP contribution < -0.4 is 10.6 Å². The van der Waals surface area contributed by atoms with Crippen molar-refractivity contribution < 1.29 is 66.9 Å². The second kappa shape index (κ2) is 25.1. The third kappa shape index (κ3) is 20.1. The first-order chi connectivity index (χ1) is 26.8. The number of aliphatic hydroxyl groups is 1. The van der Waals surface area contributed by atoms with Gasteiger partial charge in [-0.05, 0) is 73.8 Å². The van der Waals surface area contributed by atoms with Crippen LogP contribution in [0.15, 0.2) is 30.3 Å². The minimum Gasteiger partial charge on any atom is -0.458 e. The molecule has 0 spiro atoms. The van der Waals surface area contributed by atoms with Crippen molar-refractivity contribution in [3.63, 3.8) is 0 Å². The third-order valence-corrected chi connectivity index (χ3v) is 8.32. The van der Waals surface area contributed by atoms with Gasteiger partial charge in [0.25, 0.3) is 0 Å². The number of unbranched alkanes of at least 4 members (excludes halogenated alkanes) is 2. The summed E-state index contributed by atoms with van der Waals surface area (Å²) in [5, 5.41) is 15.3. The summed E-state index contributed by atoms with van der Waals surface area (Å²) >= 11 is 0. The number of aliphatic hydroxyl groups excluding tert-OH is 1. The van der Waals surface area contributed by atoms with Crippen molar-refractivity contribution in [1.29, 1.82) is 0 Å². The zero-order valence-electron chi connectivity index (χ0n) is 35.5. The number of ether oxygens (including phenoxy) is 9. The lowest BCUT2D eigenvalue weighted by Crippen LogP contribution is -2.48. The molecule has 0 aromatic heterocycles. The van der Waals surface area contributed by atoms with E-state index in [9.17, 15) is 24.3 Å². The van der Waals surface area contributed by atoms with Gasteiger partial charge in [-0.25, -0.2) is 19.2 Å². The Kier molecular flexibility index (Phi) is 21.8. The molecule has 326 valence electrons. The Morgan fingerprint density at radius 1 is 0.702 bits per heavy atom. The maximum atomic E-state index is 12.7. The van der Waals surface area contributed by atoms with Gasteiger partial charge in [0.1, 0.15) is 47.8 Å². The fraction of sp³-hybridized carbons (Fsp3) is 0.756. The topological polar surface area (TPSA) is 196 Å². The summed E-state index contributed by atoms with van der Waals surface area (Å²) < 4.78 is 50.4. The Morgan fingerprint density at radius 3 is 1.63 bits per heavy atom. The molecule has 3 N–H and O–H groups in total. The van der Waals surface area contributed by atoms with Crippen molar-refractivity contribution in [2.24, 2.45) is 0 Å². The molecule has 2 aliphatic rings. The Morgan fingerprint density at radius 2 is 1.16 bits per heavy atom. The van der Waals surface area contributed by atoms with E-state index in [1.807, 2.05) is 37.3 Å². The zero-order valence-corrected chi connectivity index (χ0v) is 35.5. The zero-order chi connectivity index (χ0) is 42.6. The molecular weight excluding hydrogens is 744 g/mol. The molecule has 0 saturated carbocycles. The molecule has 0 aliphatic carbocycles. The molecule has 2 saturated heterocycles. The molecule has 0 radical (unpaired) electrons. The van der Waals surface area contributed by atoms with Crippen molar-refractivity contribution >= 4 is 24.1 Å². The number of amides is 2. The van der Waals surface area contributed by atoms with Crippen LogP contribution in [0.5, 0.6) is 0 Å². The fourth-order valence-corrected chi connectivity index (χ4v) is 5.36. The SMILES string of the molecule is CCCCO[C@H]1COC[C@H](NC(=O)OC(C)(C)C)C(=O)O[C@@H](C)[C@@H]1O.CCCCO[C@H]1COC[C@H](NC(=O)OC(C)(C)C)C(=O)O[C@@H](C)[C@@H]1OCc1ccccc1. The van der Waals surface area contributed by atoms with Crippen LogP contribution in [0.2, 0.25) is 0 Å². The van der Waals surface area contributed by atoms with Gasteiger partial charge in [-0.3, -0.25) is 0 Å². The van der Waals surface area contributed by atoms with Crippen LogP contribution in [-0.2, 0) is 58.8 Å². The Labute approximate surface area is 338 Å². The highest BCUT2D eigenvalue weighted by atomic mass is 16.6. The van der Waals surface area contributed by atoms with E-state index in [-0.39, 0.29) is 26.4 Å². The molecule has 0 bridgehead atoms. The fourth-order valence-electron chi connectivity index (χ4n) is 5.36.